The molecule has 2 atom stereocenters. The highest BCUT2D eigenvalue weighted by Gasteiger charge is 2.21. The highest BCUT2D eigenvalue weighted by Crippen LogP contribution is 2.25. The van der Waals surface area contributed by atoms with Gasteiger partial charge in [-0.25, -0.2) is 4.98 Å². The molecule has 2 heterocycles. The van der Waals surface area contributed by atoms with Gasteiger partial charge in [-0.2, -0.15) is 0 Å². The molecule has 1 aliphatic rings. The molecule has 1 amide bonds. The number of piperidine rings is 1. The van der Waals surface area contributed by atoms with Crippen LogP contribution in [-0.2, 0) is 4.74 Å². The molecule has 1 aromatic rings. The summed E-state index contributed by atoms with van der Waals surface area (Å²) in [5, 5.41) is 7.22. The molecule has 2 rings (SSSR count). The predicted octanol–water partition coefficient (Wildman–Crippen LogP) is 1.64. The molecule has 2 N–H and O–H groups in total. The Balaban J connectivity index is 2.03. The molecular weight excluding hydrogens is 262 g/mol. The zero-order valence-corrected chi connectivity index (χ0v) is 12.5. The van der Waals surface area contributed by atoms with E-state index in [2.05, 4.69) is 15.6 Å². The lowest BCUT2D eigenvalue weighted by Crippen LogP contribution is -2.45. The number of aromatic nitrogens is 1. The summed E-state index contributed by atoms with van der Waals surface area (Å²) in [5.74, 6) is -0.0155. The second kappa shape index (κ2) is 6.45. The normalized spacial score (nSPS) is 21.1. The van der Waals surface area contributed by atoms with Gasteiger partial charge in [-0.1, -0.05) is 0 Å². The molecule has 0 aromatic carbocycles. The summed E-state index contributed by atoms with van der Waals surface area (Å²) >= 11 is 1.42. The van der Waals surface area contributed by atoms with Gasteiger partial charge < -0.3 is 15.4 Å². The molecule has 19 heavy (non-hydrogen) atoms. The molecule has 5 nitrogen and oxygen atoms in total. The summed E-state index contributed by atoms with van der Waals surface area (Å²) in [6.45, 7) is 5.70. The summed E-state index contributed by atoms with van der Waals surface area (Å²) in [6, 6.07) is 0.228. The van der Waals surface area contributed by atoms with Crippen molar-refractivity contribution in [3.8, 4) is 0 Å². The number of carbonyl (C=O) groups excluding carboxylic acids is 1. The largest absolute Gasteiger partial charge is 0.375 e. The van der Waals surface area contributed by atoms with Crippen LogP contribution in [-0.4, -0.2) is 37.1 Å². The van der Waals surface area contributed by atoms with Crippen LogP contribution in [0, 0.1) is 6.92 Å². The molecule has 1 aromatic heterocycles. The summed E-state index contributed by atoms with van der Waals surface area (Å²) in [4.78, 5) is 17.4. The minimum Gasteiger partial charge on any atom is -0.375 e. The lowest BCUT2D eigenvalue weighted by atomic mass is 10.1. The quantitative estimate of drug-likeness (QED) is 0.882. The number of nitrogens with zero attached hydrogens (tertiary/aromatic N) is 1. The van der Waals surface area contributed by atoms with Crippen molar-refractivity contribution < 1.29 is 9.53 Å². The number of hydrogen-bond acceptors (Lipinski definition) is 5. The number of rotatable bonds is 4. The van der Waals surface area contributed by atoms with Crippen LogP contribution < -0.4 is 10.6 Å². The van der Waals surface area contributed by atoms with Crippen LogP contribution in [0.25, 0.3) is 0 Å². The number of ether oxygens (including phenoxy) is 1. The van der Waals surface area contributed by atoms with Gasteiger partial charge in [-0.05, 0) is 33.2 Å². The summed E-state index contributed by atoms with van der Waals surface area (Å²) in [5.41, 5.74) is 0.783. The van der Waals surface area contributed by atoms with Crippen molar-refractivity contribution in [1.82, 2.24) is 15.6 Å². The Morgan fingerprint density at radius 1 is 1.63 bits per heavy atom. The second-order valence-corrected chi connectivity index (χ2v) is 5.89. The van der Waals surface area contributed by atoms with Gasteiger partial charge in [-0.3, -0.25) is 4.79 Å². The van der Waals surface area contributed by atoms with E-state index in [1.54, 1.807) is 7.11 Å². The van der Waals surface area contributed by atoms with Crippen LogP contribution in [0.5, 0.6) is 0 Å². The molecule has 0 bridgehead atoms. The van der Waals surface area contributed by atoms with E-state index < -0.39 is 0 Å². The Morgan fingerprint density at radius 2 is 2.42 bits per heavy atom. The lowest BCUT2D eigenvalue weighted by Gasteiger charge is -2.23. The smallest absolute Gasteiger partial charge is 0.263 e. The Morgan fingerprint density at radius 3 is 3.05 bits per heavy atom. The summed E-state index contributed by atoms with van der Waals surface area (Å²) < 4.78 is 5.24. The summed E-state index contributed by atoms with van der Waals surface area (Å²) in [7, 11) is 1.65. The molecule has 1 aliphatic heterocycles. The molecule has 0 spiro atoms. The number of hydrogen-bond donors (Lipinski definition) is 2. The SMILES string of the molecule is COC(C)c1nc(C)c(C(=O)N[C@H]2CCCNC2)s1. The zero-order valence-electron chi connectivity index (χ0n) is 11.7. The fraction of sp³-hybridized carbons (Fsp3) is 0.692. The molecule has 1 saturated heterocycles. The standard InChI is InChI=1S/C13H21N3O2S/c1-8-11(19-13(15-8)9(2)18-3)12(17)16-10-5-4-6-14-7-10/h9-10,14H,4-7H2,1-3H3,(H,16,17)/t9?,10-/m0/s1. The Kier molecular flexibility index (Phi) is 4.90. The average molecular weight is 283 g/mol. The minimum atomic E-state index is -0.0680. The van der Waals surface area contributed by atoms with Crippen LogP contribution in [0.3, 0.4) is 0 Å². The van der Waals surface area contributed by atoms with Crippen molar-refractivity contribution >= 4 is 17.2 Å². The maximum absolute atomic E-state index is 12.2. The lowest BCUT2D eigenvalue weighted by molar-refractivity contribution is 0.0934. The maximum atomic E-state index is 12.2. The Hall–Kier alpha value is -0.980. The predicted molar refractivity (Wildman–Crippen MR) is 75.6 cm³/mol. The van der Waals surface area contributed by atoms with E-state index in [-0.39, 0.29) is 18.1 Å². The third kappa shape index (κ3) is 3.52. The number of aryl methyl sites for hydroxylation is 1. The number of amides is 1. The Labute approximate surface area is 117 Å². The number of carbonyl (C=O) groups is 1. The van der Waals surface area contributed by atoms with Crippen LogP contribution in [0.1, 0.15) is 46.2 Å². The maximum Gasteiger partial charge on any atom is 0.263 e. The highest BCUT2D eigenvalue weighted by atomic mass is 32.1. The molecule has 1 unspecified atom stereocenters. The first-order valence-electron chi connectivity index (χ1n) is 6.63. The molecule has 1 fully saturated rings. The van der Waals surface area contributed by atoms with Gasteiger partial charge in [0.15, 0.2) is 0 Å². The third-order valence-corrected chi connectivity index (χ3v) is 4.67. The Bertz CT molecular complexity index is 441. The van der Waals surface area contributed by atoms with Crippen molar-refractivity contribution in [2.24, 2.45) is 0 Å². The second-order valence-electron chi connectivity index (χ2n) is 4.86. The third-order valence-electron chi connectivity index (χ3n) is 3.35. The topological polar surface area (TPSA) is 63.2 Å². The van der Waals surface area contributed by atoms with Crippen LogP contribution >= 0.6 is 11.3 Å². The molecular formula is C13H21N3O2S. The molecule has 6 heteroatoms. The van der Waals surface area contributed by atoms with E-state index in [1.807, 2.05) is 13.8 Å². The fourth-order valence-corrected chi connectivity index (χ4v) is 3.13. The highest BCUT2D eigenvalue weighted by molar-refractivity contribution is 7.13. The molecule has 0 aliphatic carbocycles. The van der Waals surface area contributed by atoms with E-state index in [0.29, 0.717) is 4.88 Å². The van der Waals surface area contributed by atoms with E-state index in [1.165, 1.54) is 11.3 Å². The monoisotopic (exact) mass is 283 g/mol. The zero-order chi connectivity index (χ0) is 13.8. The average Bonchev–Trinajstić information content (AvgIpc) is 2.81. The van der Waals surface area contributed by atoms with Crippen molar-refractivity contribution in [2.75, 3.05) is 20.2 Å². The van der Waals surface area contributed by atoms with Gasteiger partial charge in [0, 0.05) is 19.7 Å². The van der Waals surface area contributed by atoms with Gasteiger partial charge in [0.05, 0.1) is 5.69 Å². The first-order chi connectivity index (χ1) is 9.11. The van der Waals surface area contributed by atoms with E-state index in [0.717, 1.165) is 36.6 Å². The molecule has 0 radical (unpaired) electrons. The van der Waals surface area contributed by atoms with Gasteiger partial charge >= 0.3 is 0 Å². The van der Waals surface area contributed by atoms with Crippen molar-refractivity contribution in [3.63, 3.8) is 0 Å². The first-order valence-corrected chi connectivity index (χ1v) is 7.45. The van der Waals surface area contributed by atoms with E-state index in [9.17, 15) is 4.79 Å². The van der Waals surface area contributed by atoms with Crippen molar-refractivity contribution in [3.05, 3.63) is 15.6 Å². The number of methoxy groups -OCH3 is 1. The number of nitrogens with one attached hydrogen (secondary N) is 2. The summed E-state index contributed by atoms with van der Waals surface area (Å²) in [6.07, 6.45) is 2.08. The van der Waals surface area contributed by atoms with Crippen molar-refractivity contribution in [2.45, 2.75) is 38.8 Å². The van der Waals surface area contributed by atoms with Crippen molar-refractivity contribution in [1.29, 1.82) is 0 Å². The minimum absolute atomic E-state index is 0.0155. The van der Waals surface area contributed by atoms with Gasteiger partial charge in [0.1, 0.15) is 16.0 Å². The molecule has 0 saturated carbocycles. The number of thiazole rings is 1. The fourth-order valence-electron chi connectivity index (χ4n) is 2.13. The van der Waals surface area contributed by atoms with Gasteiger partial charge in [0.25, 0.3) is 5.91 Å². The van der Waals surface area contributed by atoms with Crippen LogP contribution in [0.2, 0.25) is 0 Å². The van der Waals surface area contributed by atoms with Gasteiger partial charge in [-0.15, -0.1) is 11.3 Å². The molecule has 106 valence electrons. The van der Waals surface area contributed by atoms with E-state index in [4.69, 9.17) is 4.74 Å². The van der Waals surface area contributed by atoms with Crippen LogP contribution in [0.15, 0.2) is 0 Å². The van der Waals surface area contributed by atoms with Crippen LogP contribution in [0.4, 0.5) is 0 Å². The van der Waals surface area contributed by atoms with Gasteiger partial charge in [0.2, 0.25) is 0 Å². The first kappa shape index (κ1) is 14.4. The van der Waals surface area contributed by atoms with E-state index >= 15 is 0 Å².